The Morgan fingerprint density at radius 2 is 1.75 bits per heavy atom. The highest BCUT2D eigenvalue weighted by molar-refractivity contribution is 9.10. The first-order valence-corrected chi connectivity index (χ1v) is 6.43. The largest absolute Gasteiger partial charge is 0.330 e. The summed E-state index contributed by atoms with van der Waals surface area (Å²) in [6.45, 7) is 0.773. The maximum Gasteiger partial charge on any atom is 0.0181 e. The Morgan fingerprint density at radius 1 is 1.06 bits per heavy atom. The number of benzene rings is 2. The second-order valence-corrected chi connectivity index (χ2v) is 5.61. The van der Waals surface area contributed by atoms with Gasteiger partial charge in [-0.2, -0.15) is 0 Å². The zero-order valence-corrected chi connectivity index (χ0v) is 10.6. The molecule has 0 radical (unpaired) electrons. The topological polar surface area (TPSA) is 26.0 Å². The molecule has 0 bridgehead atoms. The van der Waals surface area contributed by atoms with E-state index in [1.165, 1.54) is 29.2 Å². The molecule has 0 aromatic heterocycles. The van der Waals surface area contributed by atoms with Gasteiger partial charge < -0.3 is 5.73 Å². The van der Waals surface area contributed by atoms with Gasteiger partial charge in [0, 0.05) is 16.4 Å². The van der Waals surface area contributed by atoms with Crippen LogP contribution in [0.5, 0.6) is 0 Å². The molecule has 0 atom stereocenters. The van der Waals surface area contributed by atoms with Crippen molar-refractivity contribution in [2.75, 3.05) is 6.54 Å². The van der Waals surface area contributed by atoms with Gasteiger partial charge in [0.25, 0.3) is 0 Å². The van der Waals surface area contributed by atoms with Gasteiger partial charge in [-0.05, 0) is 41.3 Å². The Bertz CT molecular complexity index is 543. The van der Waals surface area contributed by atoms with Crippen molar-refractivity contribution in [1.82, 2.24) is 0 Å². The van der Waals surface area contributed by atoms with Crippen molar-refractivity contribution in [3.63, 3.8) is 0 Å². The molecular weight excluding hydrogens is 262 g/mol. The third-order valence-electron chi connectivity index (χ3n) is 3.66. The standard InChI is InChI=1S/C14H14BrN/c15-13-4-2-10-7-12(3-1-11(10)8-13)14(9-16)5-6-14/h1-4,7-8H,5-6,9,16H2. The SMILES string of the molecule is NCC1(c2ccc3cc(Br)ccc3c2)CC1. The molecule has 1 nitrogen and oxygen atoms in total. The summed E-state index contributed by atoms with van der Waals surface area (Å²) in [5.41, 5.74) is 7.56. The molecule has 0 amide bonds. The molecule has 0 spiro atoms. The first-order chi connectivity index (χ1) is 7.73. The van der Waals surface area contributed by atoms with E-state index in [9.17, 15) is 0 Å². The molecule has 1 fully saturated rings. The van der Waals surface area contributed by atoms with Gasteiger partial charge in [0.2, 0.25) is 0 Å². The van der Waals surface area contributed by atoms with Crippen LogP contribution in [0.3, 0.4) is 0 Å². The first kappa shape index (κ1) is 10.3. The van der Waals surface area contributed by atoms with Crippen LogP contribution in [-0.2, 0) is 5.41 Å². The molecule has 0 unspecified atom stereocenters. The summed E-state index contributed by atoms with van der Waals surface area (Å²) in [5, 5.41) is 2.59. The molecule has 1 saturated carbocycles. The minimum Gasteiger partial charge on any atom is -0.330 e. The molecule has 0 aliphatic heterocycles. The number of fused-ring (bicyclic) bond motifs is 1. The maximum atomic E-state index is 5.86. The minimum atomic E-state index is 0.293. The fourth-order valence-corrected chi connectivity index (χ4v) is 2.69. The van der Waals surface area contributed by atoms with Crippen molar-refractivity contribution in [3.8, 4) is 0 Å². The van der Waals surface area contributed by atoms with Crippen molar-refractivity contribution < 1.29 is 0 Å². The smallest absolute Gasteiger partial charge is 0.0181 e. The van der Waals surface area contributed by atoms with Crippen LogP contribution in [0, 0.1) is 0 Å². The Balaban J connectivity index is 2.13. The predicted octanol–water partition coefficient (Wildman–Crippen LogP) is 3.59. The van der Waals surface area contributed by atoms with Crippen molar-refractivity contribution in [2.45, 2.75) is 18.3 Å². The van der Waals surface area contributed by atoms with Crippen LogP contribution >= 0.6 is 15.9 Å². The molecule has 0 saturated heterocycles. The highest BCUT2D eigenvalue weighted by Gasteiger charge is 2.42. The third kappa shape index (κ3) is 1.57. The molecule has 1 aliphatic rings. The number of hydrogen-bond donors (Lipinski definition) is 1. The van der Waals surface area contributed by atoms with E-state index in [1.807, 2.05) is 0 Å². The van der Waals surface area contributed by atoms with Gasteiger partial charge in [-0.1, -0.05) is 40.2 Å². The van der Waals surface area contributed by atoms with E-state index < -0.39 is 0 Å². The second-order valence-electron chi connectivity index (χ2n) is 4.69. The van der Waals surface area contributed by atoms with Gasteiger partial charge >= 0.3 is 0 Å². The van der Waals surface area contributed by atoms with Crippen molar-refractivity contribution in [1.29, 1.82) is 0 Å². The summed E-state index contributed by atoms with van der Waals surface area (Å²) in [4.78, 5) is 0. The van der Waals surface area contributed by atoms with Crippen molar-refractivity contribution in [3.05, 3.63) is 46.4 Å². The molecule has 82 valence electrons. The van der Waals surface area contributed by atoms with E-state index in [-0.39, 0.29) is 0 Å². The third-order valence-corrected chi connectivity index (χ3v) is 4.15. The van der Waals surface area contributed by atoms with E-state index >= 15 is 0 Å². The quantitative estimate of drug-likeness (QED) is 0.891. The Morgan fingerprint density at radius 3 is 2.44 bits per heavy atom. The summed E-state index contributed by atoms with van der Waals surface area (Å²) in [5.74, 6) is 0. The zero-order chi connectivity index (χ0) is 11.2. The summed E-state index contributed by atoms with van der Waals surface area (Å²) >= 11 is 3.50. The van der Waals surface area contributed by atoms with Gasteiger partial charge in [0.05, 0.1) is 0 Å². The van der Waals surface area contributed by atoms with Gasteiger partial charge in [-0.15, -0.1) is 0 Å². The Labute approximate surface area is 104 Å². The average molecular weight is 276 g/mol. The summed E-state index contributed by atoms with van der Waals surface area (Å²) in [6.07, 6.45) is 2.48. The molecule has 16 heavy (non-hydrogen) atoms. The molecule has 0 heterocycles. The van der Waals surface area contributed by atoms with Crippen LogP contribution < -0.4 is 5.73 Å². The lowest BCUT2D eigenvalue weighted by Gasteiger charge is -2.13. The van der Waals surface area contributed by atoms with E-state index in [0.29, 0.717) is 5.41 Å². The lowest BCUT2D eigenvalue weighted by Crippen LogP contribution is -2.19. The fraction of sp³-hybridized carbons (Fsp3) is 0.286. The summed E-state index contributed by atoms with van der Waals surface area (Å²) in [6, 6.07) is 13.1. The van der Waals surface area contributed by atoms with E-state index in [0.717, 1.165) is 11.0 Å². The fourth-order valence-electron chi connectivity index (χ4n) is 2.31. The molecule has 2 N–H and O–H groups in total. The number of rotatable bonds is 2. The summed E-state index contributed by atoms with van der Waals surface area (Å²) in [7, 11) is 0. The summed E-state index contributed by atoms with van der Waals surface area (Å²) < 4.78 is 1.13. The Hall–Kier alpha value is -0.860. The van der Waals surface area contributed by atoms with Crippen LogP contribution in [-0.4, -0.2) is 6.54 Å². The average Bonchev–Trinajstić information content (AvgIpc) is 3.09. The van der Waals surface area contributed by atoms with Gasteiger partial charge in [0.15, 0.2) is 0 Å². The van der Waals surface area contributed by atoms with Gasteiger partial charge in [-0.25, -0.2) is 0 Å². The second kappa shape index (κ2) is 3.57. The number of halogens is 1. The lowest BCUT2D eigenvalue weighted by molar-refractivity contribution is 0.706. The first-order valence-electron chi connectivity index (χ1n) is 5.63. The molecule has 2 aromatic carbocycles. The van der Waals surface area contributed by atoms with Crippen LogP contribution in [0.1, 0.15) is 18.4 Å². The molecule has 1 aliphatic carbocycles. The number of hydrogen-bond acceptors (Lipinski definition) is 1. The van der Waals surface area contributed by atoms with Crippen LogP contribution in [0.4, 0.5) is 0 Å². The molecule has 3 rings (SSSR count). The van der Waals surface area contributed by atoms with Crippen LogP contribution in [0.15, 0.2) is 40.9 Å². The van der Waals surface area contributed by atoms with E-state index in [2.05, 4.69) is 52.3 Å². The monoisotopic (exact) mass is 275 g/mol. The van der Waals surface area contributed by atoms with Gasteiger partial charge in [0.1, 0.15) is 0 Å². The van der Waals surface area contributed by atoms with E-state index in [1.54, 1.807) is 0 Å². The Kier molecular flexibility index (Phi) is 2.30. The minimum absolute atomic E-state index is 0.293. The number of nitrogens with two attached hydrogens (primary N) is 1. The molecule has 2 heteroatoms. The van der Waals surface area contributed by atoms with Crippen LogP contribution in [0.25, 0.3) is 10.8 Å². The van der Waals surface area contributed by atoms with Crippen LogP contribution in [0.2, 0.25) is 0 Å². The lowest BCUT2D eigenvalue weighted by atomic mass is 9.94. The van der Waals surface area contributed by atoms with E-state index in [4.69, 9.17) is 5.73 Å². The normalized spacial score (nSPS) is 17.6. The van der Waals surface area contributed by atoms with Crippen molar-refractivity contribution >= 4 is 26.7 Å². The van der Waals surface area contributed by atoms with Crippen molar-refractivity contribution in [2.24, 2.45) is 5.73 Å². The highest BCUT2D eigenvalue weighted by atomic mass is 79.9. The predicted molar refractivity (Wildman–Crippen MR) is 71.6 cm³/mol. The van der Waals surface area contributed by atoms with Gasteiger partial charge in [-0.3, -0.25) is 0 Å². The molecule has 2 aromatic rings. The maximum absolute atomic E-state index is 5.86. The zero-order valence-electron chi connectivity index (χ0n) is 9.04. The molecular formula is C14H14BrN. The highest BCUT2D eigenvalue weighted by Crippen LogP contribution is 2.47.